The molecule has 3 heterocycles. The number of fused-ring (bicyclic) bond motifs is 2. The van der Waals surface area contributed by atoms with Crippen molar-refractivity contribution in [2.45, 2.75) is 86.9 Å². The number of aromatic nitrogens is 2. The minimum absolute atomic E-state index is 0.403. The molecule has 1 aromatic heterocycles. The number of carboxylic acids is 3. The van der Waals surface area contributed by atoms with Crippen molar-refractivity contribution >= 4 is 29.7 Å². The fourth-order valence-corrected chi connectivity index (χ4v) is 5.97. The first-order valence-corrected chi connectivity index (χ1v) is 14.3. The van der Waals surface area contributed by atoms with Crippen molar-refractivity contribution in [1.29, 1.82) is 0 Å². The SMILES string of the molecule is CCCSc1ncc(CN2C3CCC2CC(O)(c2ccc(OC)cc2)C3)cn1.O=C(O)CC(O)(CC(=O)O)C(=O)O. The van der Waals surface area contributed by atoms with Gasteiger partial charge in [-0.1, -0.05) is 30.8 Å². The van der Waals surface area contributed by atoms with Gasteiger partial charge in [-0.15, -0.1) is 0 Å². The van der Waals surface area contributed by atoms with E-state index in [1.54, 1.807) is 18.9 Å². The highest BCUT2D eigenvalue weighted by molar-refractivity contribution is 7.99. The Balaban J connectivity index is 0.000000302. The highest BCUT2D eigenvalue weighted by Gasteiger charge is 2.48. The van der Waals surface area contributed by atoms with Crippen LogP contribution in [0.3, 0.4) is 0 Å². The Kier molecular flexibility index (Phi) is 11.1. The van der Waals surface area contributed by atoms with E-state index in [2.05, 4.69) is 21.8 Å². The fourth-order valence-electron chi connectivity index (χ4n) is 5.33. The lowest BCUT2D eigenvalue weighted by Gasteiger charge is -2.44. The number of methoxy groups -OCH3 is 1. The molecule has 2 aliphatic rings. The van der Waals surface area contributed by atoms with Crippen molar-refractivity contribution in [3.63, 3.8) is 0 Å². The summed E-state index contributed by atoms with van der Waals surface area (Å²) in [7, 11) is 1.67. The summed E-state index contributed by atoms with van der Waals surface area (Å²) in [5.74, 6) is -3.14. The average Bonchev–Trinajstić information content (AvgIpc) is 3.16. The standard InChI is InChI=1S/C22H29N3O2S.C6H8O7/c1-3-10-28-21-23-13-16(14-24-21)15-25-18-6-7-19(25)12-22(26,11-18)17-4-8-20(27-2)9-5-17;7-3(8)1-6(13,5(11)12)2-4(9)10/h4-5,8-9,13-14,18-19,26H,3,6-7,10-12,15H2,1-2H3;13H,1-2H2,(H,7,8)(H,9,10)(H,11,12). The van der Waals surface area contributed by atoms with E-state index in [0.29, 0.717) is 12.1 Å². The van der Waals surface area contributed by atoms with Crippen LogP contribution in [0.15, 0.2) is 41.8 Å². The maximum atomic E-state index is 11.4. The number of ether oxygens (including phenoxy) is 1. The van der Waals surface area contributed by atoms with E-state index in [-0.39, 0.29) is 0 Å². The van der Waals surface area contributed by atoms with E-state index in [0.717, 1.165) is 66.4 Å². The normalized spacial score (nSPS) is 22.0. The maximum Gasteiger partial charge on any atom is 0.336 e. The van der Waals surface area contributed by atoms with Crippen LogP contribution in [0.4, 0.5) is 0 Å². The number of thioether (sulfide) groups is 1. The number of carboxylic acid groups (broad SMARTS) is 3. The zero-order valence-electron chi connectivity index (χ0n) is 23.1. The molecule has 1 aromatic carbocycles. The summed E-state index contributed by atoms with van der Waals surface area (Å²) in [5, 5.41) is 46.1. The van der Waals surface area contributed by atoms with Crippen LogP contribution in [0, 0.1) is 0 Å². The van der Waals surface area contributed by atoms with Crippen LogP contribution in [0.25, 0.3) is 0 Å². The Bertz CT molecular complexity index is 1160. The number of nitrogens with zero attached hydrogens (tertiary/aromatic N) is 3. The number of aliphatic hydroxyl groups is 2. The van der Waals surface area contributed by atoms with E-state index in [4.69, 9.17) is 25.2 Å². The van der Waals surface area contributed by atoms with Crippen LogP contribution >= 0.6 is 11.8 Å². The van der Waals surface area contributed by atoms with E-state index < -0.39 is 42.0 Å². The second kappa shape index (κ2) is 14.1. The molecule has 2 saturated heterocycles. The topological polar surface area (TPSA) is 191 Å². The number of benzene rings is 1. The summed E-state index contributed by atoms with van der Waals surface area (Å²) in [6, 6.07) is 8.71. The molecule has 0 saturated carbocycles. The largest absolute Gasteiger partial charge is 0.497 e. The van der Waals surface area contributed by atoms with Crippen LogP contribution in [0.1, 0.15) is 63.0 Å². The molecule has 2 aliphatic heterocycles. The third-order valence-corrected chi connectivity index (χ3v) is 8.39. The second-order valence-electron chi connectivity index (χ2n) is 10.4. The molecule has 2 atom stereocenters. The molecule has 12 nitrogen and oxygen atoms in total. The number of rotatable bonds is 12. The lowest BCUT2D eigenvalue weighted by atomic mass is 9.80. The minimum atomic E-state index is -2.74. The molecule has 41 heavy (non-hydrogen) atoms. The number of hydrogen-bond donors (Lipinski definition) is 5. The van der Waals surface area contributed by atoms with Crippen LogP contribution in [-0.2, 0) is 26.5 Å². The van der Waals surface area contributed by atoms with Gasteiger partial charge in [0.05, 0.1) is 25.6 Å². The van der Waals surface area contributed by atoms with Crippen molar-refractivity contribution in [3.05, 3.63) is 47.8 Å². The molecule has 0 radical (unpaired) electrons. The van der Waals surface area contributed by atoms with Gasteiger partial charge in [0.1, 0.15) is 5.75 Å². The molecular weight excluding hydrogens is 554 g/mol. The lowest BCUT2D eigenvalue weighted by Crippen LogP contribution is -2.49. The molecule has 0 spiro atoms. The van der Waals surface area contributed by atoms with Crippen molar-refractivity contribution in [2.24, 2.45) is 0 Å². The predicted molar refractivity (Wildman–Crippen MR) is 149 cm³/mol. The van der Waals surface area contributed by atoms with Crippen LogP contribution in [0.2, 0.25) is 0 Å². The molecule has 0 amide bonds. The van der Waals surface area contributed by atoms with E-state index >= 15 is 0 Å². The molecule has 2 fully saturated rings. The number of hydrogen-bond acceptors (Lipinski definition) is 10. The Labute approximate surface area is 242 Å². The van der Waals surface area contributed by atoms with E-state index in [9.17, 15) is 19.5 Å². The average molecular weight is 592 g/mol. The zero-order chi connectivity index (χ0) is 30.2. The van der Waals surface area contributed by atoms with Gasteiger partial charge in [0, 0.05) is 42.3 Å². The monoisotopic (exact) mass is 591 g/mol. The van der Waals surface area contributed by atoms with Crippen molar-refractivity contribution in [3.8, 4) is 5.75 Å². The Hall–Kier alpha value is -3.26. The summed E-state index contributed by atoms with van der Waals surface area (Å²) < 4.78 is 5.25. The zero-order valence-corrected chi connectivity index (χ0v) is 23.9. The summed E-state index contributed by atoms with van der Waals surface area (Å²) in [6.07, 6.45) is 6.63. The first-order chi connectivity index (χ1) is 19.4. The Morgan fingerprint density at radius 1 is 1.02 bits per heavy atom. The third kappa shape index (κ3) is 8.62. The quantitative estimate of drug-likeness (QED) is 0.179. The first kappa shape index (κ1) is 32.3. The summed E-state index contributed by atoms with van der Waals surface area (Å²) in [5.41, 5.74) is -1.32. The molecule has 224 valence electrons. The Morgan fingerprint density at radius 2 is 1.56 bits per heavy atom. The number of piperidine rings is 1. The third-order valence-electron chi connectivity index (χ3n) is 7.31. The van der Waals surface area contributed by atoms with Gasteiger partial charge in [0.25, 0.3) is 0 Å². The number of aliphatic carboxylic acids is 3. The van der Waals surface area contributed by atoms with Gasteiger partial charge < -0.3 is 30.3 Å². The predicted octanol–water partition coefficient (Wildman–Crippen LogP) is 2.75. The number of carbonyl (C=O) groups is 3. The Morgan fingerprint density at radius 3 is 2.00 bits per heavy atom. The maximum absolute atomic E-state index is 11.4. The highest BCUT2D eigenvalue weighted by Crippen LogP contribution is 2.46. The minimum Gasteiger partial charge on any atom is -0.497 e. The summed E-state index contributed by atoms with van der Waals surface area (Å²) in [6.45, 7) is 3.04. The highest BCUT2D eigenvalue weighted by atomic mass is 32.2. The van der Waals surface area contributed by atoms with E-state index in [1.165, 1.54) is 0 Å². The van der Waals surface area contributed by atoms with Crippen molar-refractivity contribution in [2.75, 3.05) is 12.9 Å². The molecule has 13 heteroatoms. The van der Waals surface area contributed by atoms with Crippen molar-refractivity contribution < 1.29 is 44.7 Å². The molecule has 4 rings (SSSR count). The fraction of sp³-hybridized carbons (Fsp3) is 0.536. The van der Waals surface area contributed by atoms with Gasteiger partial charge in [-0.05, 0) is 49.8 Å². The van der Waals surface area contributed by atoms with E-state index in [1.807, 2.05) is 36.7 Å². The van der Waals surface area contributed by atoms with Crippen molar-refractivity contribution in [1.82, 2.24) is 14.9 Å². The van der Waals surface area contributed by atoms with Crippen LogP contribution in [0.5, 0.6) is 5.75 Å². The van der Waals surface area contributed by atoms with Gasteiger partial charge in [-0.3, -0.25) is 14.5 Å². The molecule has 2 unspecified atom stereocenters. The van der Waals surface area contributed by atoms with Gasteiger partial charge in [0.15, 0.2) is 10.8 Å². The van der Waals surface area contributed by atoms with Gasteiger partial charge in [0.2, 0.25) is 0 Å². The summed E-state index contributed by atoms with van der Waals surface area (Å²) >= 11 is 1.71. The molecular formula is C28H37N3O9S. The summed E-state index contributed by atoms with van der Waals surface area (Å²) in [4.78, 5) is 42.1. The van der Waals surface area contributed by atoms with Gasteiger partial charge in [-0.25, -0.2) is 14.8 Å². The smallest absolute Gasteiger partial charge is 0.336 e. The molecule has 2 aromatic rings. The second-order valence-corrected chi connectivity index (χ2v) is 11.5. The van der Waals surface area contributed by atoms with Gasteiger partial charge in [-0.2, -0.15) is 0 Å². The lowest BCUT2D eigenvalue weighted by molar-refractivity contribution is -0.170. The first-order valence-electron chi connectivity index (χ1n) is 13.3. The molecule has 5 N–H and O–H groups in total. The van der Waals surface area contributed by atoms with Crippen LogP contribution in [-0.4, -0.2) is 88.9 Å². The van der Waals surface area contributed by atoms with Gasteiger partial charge >= 0.3 is 17.9 Å². The molecule has 2 bridgehead atoms. The molecule has 0 aliphatic carbocycles. The van der Waals surface area contributed by atoms with Crippen LogP contribution < -0.4 is 4.74 Å².